The third-order valence-corrected chi connectivity index (χ3v) is 5.61. The fourth-order valence-corrected chi connectivity index (χ4v) is 3.77. The van der Waals surface area contributed by atoms with Crippen LogP contribution in [0.2, 0.25) is 10.0 Å². The van der Waals surface area contributed by atoms with Crippen LogP contribution in [0.3, 0.4) is 0 Å². The van der Waals surface area contributed by atoms with Crippen molar-refractivity contribution in [3.8, 4) is 23.0 Å². The van der Waals surface area contributed by atoms with Gasteiger partial charge < -0.3 is 24.3 Å². The molecule has 5 nitrogen and oxygen atoms in total. The predicted molar refractivity (Wildman–Crippen MR) is 129 cm³/mol. The van der Waals surface area contributed by atoms with Crippen molar-refractivity contribution in [2.24, 2.45) is 0 Å². The zero-order chi connectivity index (χ0) is 22.9. The molecule has 0 aliphatic heterocycles. The van der Waals surface area contributed by atoms with Crippen LogP contribution in [-0.4, -0.2) is 27.9 Å². The van der Waals surface area contributed by atoms with E-state index in [1.54, 1.807) is 33.5 Å². The number of nitrogens with one attached hydrogen (secondary N) is 1. The highest BCUT2D eigenvalue weighted by molar-refractivity contribution is 6.35. The summed E-state index contributed by atoms with van der Waals surface area (Å²) in [5.41, 5.74) is 3.02. The first-order valence-electron chi connectivity index (χ1n) is 10.2. The van der Waals surface area contributed by atoms with Crippen molar-refractivity contribution in [3.05, 3.63) is 81.3 Å². The van der Waals surface area contributed by atoms with Gasteiger partial charge in [-0.2, -0.15) is 0 Å². The molecule has 0 aromatic heterocycles. The monoisotopic (exact) mass is 475 g/mol. The molecule has 7 heteroatoms. The van der Waals surface area contributed by atoms with E-state index >= 15 is 0 Å². The molecule has 0 radical (unpaired) electrons. The Bertz CT molecular complexity index is 1040. The number of methoxy groups -OCH3 is 3. The molecule has 0 atom stereocenters. The van der Waals surface area contributed by atoms with E-state index < -0.39 is 0 Å². The Balaban J connectivity index is 1.62. The lowest BCUT2D eigenvalue weighted by molar-refractivity contribution is 0.281. The van der Waals surface area contributed by atoms with Crippen molar-refractivity contribution >= 4 is 23.2 Å². The van der Waals surface area contributed by atoms with E-state index in [4.69, 9.17) is 42.1 Å². The molecule has 0 aliphatic rings. The van der Waals surface area contributed by atoms with Crippen LogP contribution >= 0.6 is 23.2 Å². The van der Waals surface area contributed by atoms with Gasteiger partial charge in [0.15, 0.2) is 23.0 Å². The Labute approximate surface area is 199 Å². The average molecular weight is 476 g/mol. The van der Waals surface area contributed by atoms with Crippen molar-refractivity contribution in [2.45, 2.75) is 19.6 Å². The van der Waals surface area contributed by atoms with Gasteiger partial charge in [-0.15, -0.1) is 0 Å². The maximum Gasteiger partial charge on any atom is 0.166 e. The first kappa shape index (κ1) is 24.1. The van der Waals surface area contributed by atoms with Crippen LogP contribution in [-0.2, 0) is 19.6 Å². The van der Waals surface area contributed by atoms with Crippen molar-refractivity contribution < 1.29 is 18.9 Å². The quantitative estimate of drug-likeness (QED) is 0.348. The van der Waals surface area contributed by atoms with Gasteiger partial charge in [0.05, 0.1) is 21.3 Å². The van der Waals surface area contributed by atoms with Crippen LogP contribution in [0.4, 0.5) is 0 Å². The van der Waals surface area contributed by atoms with Crippen molar-refractivity contribution in [1.82, 2.24) is 5.32 Å². The molecular formula is C25H27Cl2NO4. The minimum atomic E-state index is 0.315. The number of halogens is 2. The zero-order valence-corrected chi connectivity index (χ0v) is 19.9. The van der Waals surface area contributed by atoms with Gasteiger partial charge in [0.1, 0.15) is 6.61 Å². The highest BCUT2D eigenvalue weighted by atomic mass is 35.5. The fourth-order valence-electron chi connectivity index (χ4n) is 3.31. The van der Waals surface area contributed by atoms with E-state index in [1.165, 1.54) is 0 Å². The first-order valence-corrected chi connectivity index (χ1v) is 11.0. The highest BCUT2D eigenvalue weighted by Crippen LogP contribution is 2.33. The van der Waals surface area contributed by atoms with E-state index in [2.05, 4.69) is 5.32 Å². The molecule has 0 saturated carbocycles. The lowest BCUT2D eigenvalue weighted by Crippen LogP contribution is -2.17. The van der Waals surface area contributed by atoms with Crippen LogP contribution in [0.1, 0.15) is 16.7 Å². The molecule has 0 bridgehead atoms. The van der Waals surface area contributed by atoms with E-state index in [0.717, 1.165) is 41.2 Å². The summed E-state index contributed by atoms with van der Waals surface area (Å²) < 4.78 is 22.3. The second kappa shape index (κ2) is 11.9. The lowest BCUT2D eigenvalue weighted by Gasteiger charge is -2.16. The van der Waals surface area contributed by atoms with Gasteiger partial charge in [-0.1, -0.05) is 47.5 Å². The second-order valence-corrected chi connectivity index (χ2v) is 7.93. The number of hydrogen-bond donors (Lipinski definition) is 1. The second-order valence-electron chi connectivity index (χ2n) is 7.09. The molecule has 0 aliphatic carbocycles. The lowest BCUT2D eigenvalue weighted by atomic mass is 10.1. The SMILES string of the molecule is COc1ccc(CCNCc2cccc(OC)c2OCc2ccc(Cl)cc2Cl)cc1OC. The Morgan fingerprint density at radius 2 is 1.56 bits per heavy atom. The minimum absolute atomic E-state index is 0.315. The van der Waals surface area contributed by atoms with Gasteiger partial charge >= 0.3 is 0 Å². The topological polar surface area (TPSA) is 49.0 Å². The summed E-state index contributed by atoms with van der Waals surface area (Å²) in [7, 11) is 4.90. The Morgan fingerprint density at radius 1 is 0.781 bits per heavy atom. The Morgan fingerprint density at radius 3 is 2.28 bits per heavy atom. The van der Waals surface area contributed by atoms with Crippen LogP contribution in [0, 0.1) is 0 Å². The third kappa shape index (κ3) is 6.22. The number of ether oxygens (including phenoxy) is 4. The molecule has 0 amide bonds. The molecule has 0 saturated heterocycles. The molecule has 32 heavy (non-hydrogen) atoms. The minimum Gasteiger partial charge on any atom is -0.493 e. The van der Waals surface area contributed by atoms with E-state index in [9.17, 15) is 0 Å². The molecule has 3 rings (SSSR count). The maximum atomic E-state index is 6.29. The number of benzene rings is 3. The summed E-state index contributed by atoms with van der Waals surface area (Å²) in [4.78, 5) is 0. The molecule has 0 unspecified atom stereocenters. The summed E-state index contributed by atoms with van der Waals surface area (Å²) in [6.45, 7) is 1.73. The van der Waals surface area contributed by atoms with Crippen molar-refractivity contribution in [3.63, 3.8) is 0 Å². The number of para-hydroxylation sites is 1. The summed E-state index contributed by atoms with van der Waals surface area (Å²) in [5.74, 6) is 2.83. The van der Waals surface area contributed by atoms with Gasteiger partial charge in [-0.25, -0.2) is 0 Å². The number of rotatable bonds is 11. The van der Waals surface area contributed by atoms with Gasteiger partial charge in [-0.05, 0) is 48.9 Å². The standard InChI is InChI=1S/C25H27Cl2NO4/c1-29-22-10-7-17(13-24(22)31-3)11-12-28-15-18-5-4-6-23(30-2)25(18)32-16-19-8-9-20(26)14-21(19)27/h4-10,13-14,28H,11-12,15-16H2,1-3H3. The Hall–Kier alpha value is -2.60. The summed E-state index contributed by atoms with van der Waals surface area (Å²) in [6, 6.07) is 17.2. The fraction of sp³-hybridized carbons (Fsp3) is 0.280. The average Bonchev–Trinajstić information content (AvgIpc) is 2.81. The zero-order valence-electron chi connectivity index (χ0n) is 18.4. The normalized spacial score (nSPS) is 10.7. The largest absolute Gasteiger partial charge is 0.493 e. The van der Waals surface area contributed by atoms with Crippen molar-refractivity contribution in [1.29, 1.82) is 0 Å². The van der Waals surface area contributed by atoms with Gasteiger partial charge in [0.2, 0.25) is 0 Å². The van der Waals surface area contributed by atoms with Gasteiger partial charge in [0, 0.05) is 27.7 Å². The molecule has 1 N–H and O–H groups in total. The smallest absolute Gasteiger partial charge is 0.166 e. The van der Waals surface area contributed by atoms with Gasteiger partial charge in [-0.3, -0.25) is 0 Å². The summed E-state index contributed by atoms with van der Waals surface area (Å²) >= 11 is 12.3. The molecule has 3 aromatic rings. The summed E-state index contributed by atoms with van der Waals surface area (Å²) in [6.07, 6.45) is 0.848. The van der Waals surface area contributed by atoms with E-state index in [-0.39, 0.29) is 0 Å². The van der Waals surface area contributed by atoms with Gasteiger partial charge in [0.25, 0.3) is 0 Å². The van der Waals surface area contributed by atoms with Crippen LogP contribution < -0.4 is 24.3 Å². The molecule has 170 valence electrons. The third-order valence-electron chi connectivity index (χ3n) is 5.02. The molecule has 3 aromatic carbocycles. The maximum absolute atomic E-state index is 6.29. The first-order chi connectivity index (χ1) is 15.5. The van der Waals surface area contributed by atoms with Crippen LogP contribution in [0.25, 0.3) is 0 Å². The van der Waals surface area contributed by atoms with Crippen LogP contribution in [0.15, 0.2) is 54.6 Å². The molecule has 0 heterocycles. The van der Waals surface area contributed by atoms with E-state index in [1.807, 2.05) is 42.5 Å². The predicted octanol–water partition coefficient (Wildman–Crippen LogP) is 5.93. The molecular weight excluding hydrogens is 449 g/mol. The Kier molecular flexibility index (Phi) is 8.91. The summed E-state index contributed by atoms with van der Waals surface area (Å²) in [5, 5.41) is 4.64. The number of hydrogen-bond acceptors (Lipinski definition) is 5. The molecule has 0 fully saturated rings. The van der Waals surface area contributed by atoms with Crippen LogP contribution in [0.5, 0.6) is 23.0 Å². The molecule has 0 spiro atoms. The van der Waals surface area contributed by atoms with Crippen molar-refractivity contribution in [2.75, 3.05) is 27.9 Å². The highest BCUT2D eigenvalue weighted by Gasteiger charge is 2.12. The van der Waals surface area contributed by atoms with E-state index in [0.29, 0.717) is 34.7 Å².